The topological polar surface area (TPSA) is 83.6 Å². The van der Waals surface area contributed by atoms with E-state index in [1.807, 2.05) is 30.9 Å². The van der Waals surface area contributed by atoms with Gasteiger partial charge < -0.3 is 15.7 Å². The highest BCUT2D eigenvalue weighted by molar-refractivity contribution is 5.99. The number of carbonyl (C=O) groups excluding carboxylic acids is 1. The molecule has 1 fully saturated rings. The van der Waals surface area contributed by atoms with Gasteiger partial charge in [0.15, 0.2) is 0 Å². The molecule has 0 radical (unpaired) electrons. The van der Waals surface area contributed by atoms with Crippen LogP contribution >= 0.6 is 0 Å². The number of nitrogens with zero attached hydrogens (tertiary/aromatic N) is 1. The van der Waals surface area contributed by atoms with Crippen molar-refractivity contribution < 1.29 is 14.7 Å². The molecule has 5 nitrogen and oxygen atoms in total. The Bertz CT molecular complexity index is 527. The highest BCUT2D eigenvalue weighted by atomic mass is 16.4. The first kappa shape index (κ1) is 13.4. The second-order valence-corrected chi connectivity index (χ2v) is 5.21. The van der Waals surface area contributed by atoms with Crippen LogP contribution in [0.2, 0.25) is 0 Å². The Morgan fingerprint density at radius 2 is 2.05 bits per heavy atom. The zero-order valence-corrected chi connectivity index (χ0v) is 11.1. The van der Waals surface area contributed by atoms with Gasteiger partial charge in [0.2, 0.25) is 0 Å². The first-order valence-electron chi connectivity index (χ1n) is 6.28. The maximum Gasteiger partial charge on any atom is 0.308 e. The van der Waals surface area contributed by atoms with E-state index >= 15 is 0 Å². The highest BCUT2D eigenvalue weighted by Crippen LogP contribution is 2.31. The highest BCUT2D eigenvalue weighted by Gasteiger charge is 2.35. The van der Waals surface area contributed by atoms with Crippen LogP contribution in [-0.4, -0.2) is 30.1 Å². The summed E-state index contributed by atoms with van der Waals surface area (Å²) in [5.74, 6) is -1.62. The lowest BCUT2D eigenvalue weighted by atomic mass is 9.99. The largest absolute Gasteiger partial charge is 0.481 e. The van der Waals surface area contributed by atoms with Gasteiger partial charge in [-0.3, -0.25) is 9.59 Å². The SMILES string of the molecule is Cc1ccc(C(N)=O)c(N2CC(C)C(C(=O)O)C2)c1. The number of nitrogens with two attached hydrogens (primary N) is 1. The van der Waals surface area contributed by atoms with E-state index in [0.29, 0.717) is 18.7 Å². The summed E-state index contributed by atoms with van der Waals surface area (Å²) < 4.78 is 0. The number of hydrogen-bond donors (Lipinski definition) is 2. The van der Waals surface area contributed by atoms with E-state index in [1.54, 1.807) is 6.07 Å². The smallest absolute Gasteiger partial charge is 0.308 e. The van der Waals surface area contributed by atoms with Gasteiger partial charge in [-0.05, 0) is 30.5 Å². The number of carbonyl (C=O) groups is 2. The number of amides is 1. The first-order valence-corrected chi connectivity index (χ1v) is 6.28. The molecule has 1 aromatic carbocycles. The van der Waals surface area contributed by atoms with E-state index in [0.717, 1.165) is 11.3 Å². The lowest BCUT2D eigenvalue weighted by Gasteiger charge is -2.21. The Morgan fingerprint density at radius 3 is 2.58 bits per heavy atom. The molecule has 0 saturated carbocycles. The molecule has 1 heterocycles. The average molecular weight is 262 g/mol. The van der Waals surface area contributed by atoms with Crippen molar-refractivity contribution in [3.63, 3.8) is 0 Å². The molecule has 1 saturated heterocycles. The summed E-state index contributed by atoms with van der Waals surface area (Å²) in [5, 5.41) is 9.16. The van der Waals surface area contributed by atoms with Gasteiger partial charge in [-0.25, -0.2) is 0 Å². The number of primary amides is 1. The maximum atomic E-state index is 11.5. The Kier molecular flexibility index (Phi) is 3.46. The van der Waals surface area contributed by atoms with Crippen LogP contribution in [0.15, 0.2) is 18.2 Å². The van der Waals surface area contributed by atoms with Crippen molar-refractivity contribution in [1.29, 1.82) is 0 Å². The third kappa shape index (κ3) is 2.54. The van der Waals surface area contributed by atoms with E-state index < -0.39 is 17.8 Å². The van der Waals surface area contributed by atoms with Crippen molar-refractivity contribution in [3.05, 3.63) is 29.3 Å². The zero-order chi connectivity index (χ0) is 14.2. The molecule has 3 N–H and O–H groups in total. The Morgan fingerprint density at radius 1 is 1.37 bits per heavy atom. The third-order valence-corrected chi connectivity index (χ3v) is 3.69. The molecule has 1 amide bonds. The number of aliphatic carboxylic acids is 1. The van der Waals surface area contributed by atoms with Crippen LogP contribution in [0.25, 0.3) is 0 Å². The second kappa shape index (κ2) is 4.91. The molecule has 0 spiro atoms. The number of carboxylic acid groups (broad SMARTS) is 1. The minimum Gasteiger partial charge on any atom is -0.481 e. The maximum absolute atomic E-state index is 11.5. The molecular formula is C14H18N2O3. The van der Waals surface area contributed by atoms with Crippen LogP contribution in [0, 0.1) is 18.8 Å². The van der Waals surface area contributed by atoms with Crippen molar-refractivity contribution in [1.82, 2.24) is 0 Å². The summed E-state index contributed by atoms with van der Waals surface area (Å²) in [6.45, 7) is 4.89. The fourth-order valence-electron chi connectivity index (χ4n) is 2.60. The molecule has 2 atom stereocenters. The summed E-state index contributed by atoms with van der Waals surface area (Å²) >= 11 is 0. The number of hydrogen-bond acceptors (Lipinski definition) is 3. The van der Waals surface area contributed by atoms with Gasteiger partial charge in [0, 0.05) is 18.8 Å². The molecule has 2 unspecified atom stereocenters. The van der Waals surface area contributed by atoms with E-state index in [-0.39, 0.29) is 5.92 Å². The van der Waals surface area contributed by atoms with Crippen LogP contribution < -0.4 is 10.6 Å². The molecule has 102 valence electrons. The molecule has 1 aliphatic rings. The molecular weight excluding hydrogens is 244 g/mol. The van der Waals surface area contributed by atoms with Crippen LogP contribution in [0.3, 0.4) is 0 Å². The van der Waals surface area contributed by atoms with Crippen molar-refractivity contribution in [2.24, 2.45) is 17.6 Å². The summed E-state index contributed by atoms with van der Waals surface area (Å²) in [6.07, 6.45) is 0. The van der Waals surface area contributed by atoms with Crippen molar-refractivity contribution in [3.8, 4) is 0 Å². The van der Waals surface area contributed by atoms with Crippen LogP contribution in [0.4, 0.5) is 5.69 Å². The number of aryl methyl sites for hydroxylation is 1. The zero-order valence-electron chi connectivity index (χ0n) is 11.1. The Labute approximate surface area is 112 Å². The Balaban J connectivity index is 2.35. The fourth-order valence-corrected chi connectivity index (χ4v) is 2.60. The molecule has 1 aromatic rings. The molecule has 1 aliphatic heterocycles. The number of benzene rings is 1. The lowest BCUT2D eigenvalue weighted by molar-refractivity contribution is -0.142. The number of anilines is 1. The third-order valence-electron chi connectivity index (χ3n) is 3.69. The van der Waals surface area contributed by atoms with E-state index in [2.05, 4.69) is 0 Å². The average Bonchev–Trinajstić information content (AvgIpc) is 2.70. The van der Waals surface area contributed by atoms with Gasteiger partial charge in [0.25, 0.3) is 5.91 Å². The van der Waals surface area contributed by atoms with E-state index in [1.165, 1.54) is 0 Å². The van der Waals surface area contributed by atoms with Gasteiger partial charge in [0.1, 0.15) is 0 Å². The number of rotatable bonds is 3. The number of carboxylic acids is 1. The van der Waals surface area contributed by atoms with Crippen molar-refractivity contribution in [2.75, 3.05) is 18.0 Å². The molecule has 0 bridgehead atoms. The van der Waals surface area contributed by atoms with E-state index in [4.69, 9.17) is 10.8 Å². The fraction of sp³-hybridized carbons (Fsp3) is 0.429. The summed E-state index contributed by atoms with van der Waals surface area (Å²) in [7, 11) is 0. The van der Waals surface area contributed by atoms with Gasteiger partial charge in [0.05, 0.1) is 11.5 Å². The normalized spacial score (nSPS) is 22.5. The predicted octanol–water partition coefficient (Wildman–Crippen LogP) is 1.25. The summed E-state index contributed by atoms with van der Waals surface area (Å²) in [5.41, 5.74) is 7.59. The predicted molar refractivity (Wildman–Crippen MR) is 72.2 cm³/mol. The van der Waals surface area contributed by atoms with Gasteiger partial charge in [-0.1, -0.05) is 13.0 Å². The van der Waals surface area contributed by atoms with Gasteiger partial charge >= 0.3 is 5.97 Å². The first-order chi connectivity index (χ1) is 8.90. The monoisotopic (exact) mass is 262 g/mol. The standard InChI is InChI=1S/C14H18N2O3/c1-8-3-4-10(13(15)17)12(5-8)16-6-9(2)11(7-16)14(18)19/h3-5,9,11H,6-7H2,1-2H3,(H2,15,17)(H,18,19). The van der Waals surface area contributed by atoms with E-state index in [9.17, 15) is 9.59 Å². The van der Waals surface area contributed by atoms with Crippen LogP contribution in [0.5, 0.6) is 0 Å². The molecule has 19 heavy (non-hydrogen) atoms. The minimum absolute atomic E-state index is 0.0544. The van der Waals surface area contributed by atoms with Gasteiger partial charge in [-0.2, -0.15) is 0 Å². The van der Waals surface area contributed by atoms with Crippen molar-refractivity contribution >= 4 is 17.6 Å². The van der Waals surface area contributed by atoms with Gasteiger partial charge in [-0.15, -0.1) is 0 Å². The molecule has 5 heteroatoms. The quantitative estimate of drug-likeness (QED) is 0.858. The van der Waals surface area contributed by atoms with Crippen molar-refractivity contribution in [2.45, 2.75) is 13.8 Å². The van der Waals surface area contributed by atoms with Crippen LogP contribution in [0.1, 0.15) is 22.8 Å². The second-order valence-electron chi connectivity index (χ2n) is 5.21. The minimum atomic E-state index is -0.789. The van der Waals surface area contributed by atoms with Crippen LogP contribution in [-0.2, 0) is 4.79 Å². The lowest BCUT2D eigenvalue weighted by Crippen LogP contribution is -2.26. The Hall–Kier alpha value is -2.04. The molecule has 0 aliphatic carbocycles. The summed E-state index contributed by atoms with van der Waals surface area (Å²) in [6, 6.07) is 5.42. The molecule has 0 aromatic heterocycles. The summed E-state index contributed by atoms with van der Waals surface area (Å²) in [4.78, 5) is 24.6. The molecule has 2 rings (SSSR count).